The summed E-state index contributed by atoms with van der Waals surface area (Å²) in [5.41, 5.74) is 0. The fraction of sp³-hybridized carbons (Fsp3) is 1.00. The summed E-state index contributed by atoms with van der Waals surface area (Å²) in [4.78, 5) is 24.0. The number of rotatable bonds is 9. The minimum Gasteiger partial charge on any atom is -0.304 e. The lowest BCUT2D eigenvalue weighted by molar-refractivity contribution is -0.768. The first-order valence-corrected chi connectivity index (χ1v) is 7.07. The van der Waals surface area contributed by atoms with E-state index in [1.807, 2.05) is 0 Å². The molecule has 0 aromatic heterocycles. The van der Waals surface area contributed by atoms with Crippen LogP contribution in [0, 0.1) is 20.2 Å². The van der Waals surface area contributed by atoms with Crippen LogP contribution in [-0.2, 0) is 18.5 Å². The maximum absolute atomic E-state index is 12.4. The van der Waals surface area contributed by atoms with Crippen LogP contribution in [-0.4, -0.2) is 34.6 Å². The highest BCUT2D eigenvalue weighted by Gasteiger charge is 2.44. The van der Waals surface area contributed by atoms with Crippen LogP contribution in [0.3, 0.4) is 0 Å². The van der Waals surface area contributed by atoms with Crippen molar-refractivity contribution >= 4 is 7.60 Å². The summed E-state index contributed by atoms with van der Waals surface area (Å²) in [6.45, 7) is 5.02. The molecule has 0 aliphatic carbocycles. The molecule has 19 heavy (non-hydrogen) atoms. The van der Waals surface area contributed by atoms with Crippen molar-refractivity contribution in [2.75, 3.05) is 6.54 Å². The Morgan fingerprint density at radius 1 is 1.05 bits per heavy atom. The molecule has 0 spiro atoms. The van der Waals surface area contributed by atoms with Gasteiger partial charge in [-0.25, -0.2) is 0 Å². The summed E-state index contributed by atoms with van der Waals surface area (Å²) in [5, 5.41) is 19.6. The van der Waals surface area contributed by atoms with Gasteiger partial charge in [-0.05, 0) is 27.7 Å². The maximum Gasteiger partial charge on any atom is 0.366 e. The van der Waals surface area contributed by atoms with E-state index in [-0.39, 0.29) is 0 Å². The molecule has 0 aliphatic heterocycles. The van der Waals surface area contributed by atoms with Gasteiger partial charge in [0.15, 0.2) is 0 Å². The summed E-state index contributed by atoms with van der Waals surface area (Å²) < 4.78 is 22.5. The lowest BCUT2D eigenvalue weighted by Crippen LogP contribution is -2.29. The summed E-state index contributed by atoms with van der Waals surface area (Å²) in [6, 6.07) is 0. The van der Waals surface area contributed by atoms with Gasteiger partial charge in [-0.1, -0.05) is 0 Å². The normalized spacial score (nSPS) is 13.6. The van der Waals surface area contributed by atoms with Gasteiger partial charge >= 0.3 is 7.60 Å². The van der Waals surface area contributed by atoms with Crippen LogP contribution in [0.2, 0.25) is 0 Å². The van der Waals surface area contributed by atoms with Crippen molar-refractivity contribution in [3.63, 3.8) is 0 Å². The Hall–Kier alpha value is -1.25. The average molecular weight is 300 g/mol. The second-order valence-electron chi connectivity index (χ2n) is 4.15. The fourth-order valence-electron chi connectivity index (χ4n) is 1.17. The van der Waals surface area contributed by atoms with Crippen molar-refractivity contribution in [3.05, 3.63) is 20.2 Å². The molecule has 0 radical (unpaired) electrons. The lowest BCUT2D eigenvalue weighted by Gasteiger charge is -2.26. The van der Waals surface area contributed by atoms with E-state index in [9.17, 15) is 24.8 Å². The zero-order valence-corrected chi connectivity index (χ0v) is 11.9. The molecule has 1 atom stereocenters. The monoisotopic (exact) mass is 300 g/mol. The third-order valence-electron chi connectivity index (χ3n) is 1.58. The number of hydrogen-bond donors (Lipinski definition) is 0. The molecule has 0 amide bonds. The molecule has 0 aromatic rings. The summed E-state index contributed by atoms with van der Waals surface area (Å²) in [7, 11) is -4.16. The Morgan fingerprint density at radius 2 is 1.47 bits per heavy atom. The zero-order chi connectivity index (χ0) is 15.2. The Kier molecular flexibility index (Phi) is 6.88. The maximum atomic E-state index is 12.4. The zero-order valence-electron chi connectivity index (χ0n) is 11.0. The van der Waals surface area contributed by atoms with Crippen LogP contribution < -0.4 is 0 Å². The second kappa shape index (κ2) is 7.37. The van der Waals surface area contributed by atoms with E-state index in [4.69, 9.17) is 9.05 Å². The minimum absolute atomic E-state index is 0.603. The summed E-state index contributed by atoms with van der Waals surface area (Å²) >= 11 is 0. The minimum atomic E-state index is -4.16. The van der Waals surface area contributed by atoms with Gasteiger partial charge in [0.05, 0.1) is 12.2 Å². The molecular formula is C8H17N2O8P. The van der Waals surface area contributed by atoms with Crippen LogP contribution in [0.4, 0.5) is 0 Å². The van der Waals surface area contributed by atoms with E-state index in [0.717, 1.165) is 0 Å². The lowest BCUT2D eigenvalue weighted by atomic mass is 10.5. The Labute approximate surface area is 109 Å². The van der Waals surface area contributed by atoms with Crippen LogP contribution >= 0.6 is 7.60 Å². The quantitative estimate of drug-likeness (QED) is 0.358. The largest absolute Gasteiger partial charge is 0.366 e. The molecule has 0 bridgehead atoms. The Morgan fingerprint density at radius 3 is 1.74 bits per heavy atom. The standard InChI is InChI=1S/C8H17N2O8P/c1-6(2)17-19(15,18-7(3)4)8(5-9(11)12)16-10(13)14/h6-8H,5H2,1-4H3. The molecule has 0 fully saturated rings. The van der Waals surface area contributed by atoms with Crippen LogP contribution in [0.1, 0.15) is 27.7 Å². The predicted octanol–water partition coefficient (Wildman–Crippen LogP) is 1.84. The molecule has 0 aliphatic rings. The highest BCUT2D eigenvalue weighted by atomic mass is 31.2. The van der Waals surface area contributed by atoms with Crippen molar-refractivity contribution in [1.29, 1.82) is 0 Å². The fourth-order valence-corrected chi connectivity index (χ4v) is 3.19. The van der Waals surface area contributed by atoms with Gasteiger partial charge in [0.1, 0.15) is 0 Å². The van der Waals surface area contributed by atoms with Gasteiger partial charge in [0.2, 0.25) is 6.54 Å². The van der Waals surface area contributed by atoms with Gasteiger partial charge in [0, 0.05) is 4.92 Å². The van der Waals surface area contributed by atoms with E-state index < -0.39 is 42.2 Å². The third kappa shape index (κ3) is 7.04. The summed E-state index contributed by atoms with van der Waals surface area (Å²) in [5.74, 6) is -1.90. The first-order chi connectivity index (χ1) is 8.56. The van der Waals surface area contributed by atoms with Crippen molar-refractivity contribution < 1.29 is 28.5 Å². The molecule has 0 heterocycles. The first kappa shape index (κ1) is 17.8. The molecule has 0 N–H and O–H groups in total. The molecule has 10 nitrogen and oxygen atoms in total. The molecule has 11 heteroatoms. The third-order valence-corrected chi connectivity index (χ3v) is 3.98. The van der Waals surface area contributed by atoms with Gasteiger partial charge < -0.3 is 9.05 Å². The molecule has 112 valence electrons. The second-order valence-corrected chi connectivity index (χ2v) is 6.22. The van der Waals surface area contributed by atoms with Crippen molar-refractivity contribution in [3.8, 4) is 0 Å². The SMILES string of the molecule is CC(C)OP(=O)(OC(C)C)C(C[N+](=O)[O-])O[N+](=O)[O-]. The first-order valence-electron chi connectivity index (χ1n) is 5.46. The topological polar surface area (TPSA) is 131 Å². The van der Waals surface area contributed by atoms with Crippen molar-refractivity contribution in [2.45, 2.75) is 45.7 Å². The number of nitrogens with zero attached hydrogens (tertiary/aromatic N) is 2. The number of hydrogen-bond acceptors (Lipinski definition) is 8. The molecule has 0 saturated heterocycles. The van der Waals surface area contributed by atoms with E-state index in [2.05, 4.69) is 4.84 Å². The van der Waals surface area contributed by atoms with Gasteiger partial charge in [-0.2, -0.15) is 0 Å². The van der Waals surface area contributed by atoms with Crippen molar-refractivity contribution in [2.24, 2.45) is 0 Å². The smallest absolute Gasteiger partial charge is 0.304 e. The van der Waals surface area contributed by atoms with E-state index in [1.54, 1.807) is 0 Å². The van der Waals surface area contributed by atoms with Crippen LogP contribution in [0.15, 0.2) is 0 Å². The van der Waals surface area contributed by atoms with E-state index in [0.29, 0.717) is 0 Å². The molecular weight excluding hydrogens is 283 g/mol. The molecule has 1 unspecified atom stereocenters. The summed E-state index contributed by atoms with van der Waals surface area (Å²) in [6.07, 6.45) is -1.21. The number of nitro groups is 1. The van der Waals surface area contributed by atoms with E-state index >= 15 is 0 Å². The average Bonchev–Trinajstić information content (AvgIpc) is 2.11. The highest BCUT2D eigenvalue weighted by molar-refractivity contribution is 7.54. The molecule has 0 aromatic carbocycles. The van der Waals surface area contributed by atoms with Crippen LogP contribution in [0.5, 0.6) is 0 Å². The predicted molar refractivity (Wildman–Crippen MR) is 63.8 cm³/mol. The van der Waals surface area contributed by atoms with E-state index in [1.165, 1.54) is 27.7 Å². The van der Waals surface area contributed by atoms with Crippen LogP contribution in [0.25, 0.3) is 0 Å². The Bertz CT molecular complexity index is 342. The molecule has 0 saturated carbocycles. The van der Waals surface area contributed by atoms with Crippen molar-refractivity contribution in [1.82, 2.24) is 0 Å². The highest BCUT2D eigenvalue weighted by Crippen LogP contribution is 2.55. The van der Waals surface area contributed by atoms with Gasteiger partial charge in [-0.15, -0.1) is 10.1 Å². The van der Waals surface area contributed by atoms with Gasteiger partial charge in [0.25, 0.3) is 10.9 Å². The van der Waals surface area contributed by atoms with Gasteiger partial charge in [-0.3, -0.25) is 19.5 Å². The Balaban J connectivity index is 5.26. The molecule has 0 rings (SSSR count).